The van der Waals surface area contributed by atoms with E-state index in [1.54, 1.807) is 0 Å². The SMILES string of the molecule is Cc1nn(C)c(C)c1CNC1C(C)CCCC1C. The molecule has 0 radical (unpaired) electrons. The van der Waals surface area contributed by atoms with E-state index in [1.807, 2.05) is 11.7 Å². The zero-order chi connectivity index (χ0) is 13.3. The zero-order valence-electron chi connectivity index (χ0n) is 12.5. The van der Waals surface area contributed by atoms with Crippen LogP contribution in [0.2, 0.25) is 0 Å². The molecular formula is C15H27N3. The number of hydrogen-bond acceptors (Lipinski definition) is 2. The summed E-state index contributed by atoms with van der Waals surface area (Å²) in [6.07, 6.45) is 4.13. The van der Waals surface area contributed by atoms with Gasteiger partial charge >= 0.3 is 0 Å². The van der Waals surface area contributed by atoms with E-state index in [1.165, 1.54) is 36.2 Å². The molecule has 0 spiro atoms. The molecule has 0 saturated heterocycles. The molecular weight excluding hydrogens is 222 g/mol. The minimum Gasteiger partial charge on any atom is -0.309 e. The lowest BCUT2D eigenvalue weighted by atomic mass is 9.78. The van der Waals surface area contributed by atoms with Crippen LogP contribution >= 0.6 is 0 Å². The molecule has 3 heteroatoms. The quantitative estimate of drug-likeness (QED) is 0.892. The number of rotatable bonds is 3. The second-order valence-corrected chi connectivity index (χ2v) is 6.07. The smallest absolute Gasteiger partial charge is 0.0641 e. The van der Waals surface area contributed by atoms with E-state index in [0.29, 0.717) is 6.04 Å². The highest BCUT2D eigenvalue weighted by Gasteiger charge is 2.27. The molecule has 3 nitrogen and oxygen atoms in total. The van der Waals surface area contributed by atoms with E-state index in [2.05, 4.69) is 38.1 Å². The third kappa shape index (κ3) is 2.61. The van der Waals surface area contributed by atoms with Crippen LogP contribution in [0.5, 0.6) is 0 Å². The normalized spacial score (nSPS) is 28.6. The van der Waals surface area contributed by atoms with Gasteiger partial charge in [-0.05, 0) is 38.5 Å². The topological polar surface area (TPSA) is 29.9 Å². The van der Waals surface area contributed by atoms with Crippen molar-refractivity contribution in [2.45, 2.75) is 59.5 Å². The van der Waals surface area contributed by atoms with Crippen LogP contribution in [0.1, 0.15) is 50.1 Å². The first-order chi connectivity index (χ1) is 8.50. The molecule has 1 aromatic rings. The van der Waals surface area contributed by atoms with Crippen molar-refractivity contribution in [3.8, 4) is 0 Å². The highest BCUT2D eigenvalue weighted by molar-refractivity contribution is 5.24. The minimum absolute atomic E-state index is 0.665. The lowest BCUT2D eigenvalue weighted by Crippen LogP contribution is -2.42. The Morgan fingerprint density at radius 1 is 1.22 bits per heavy atom. The van der Waals surface area contributed by atoms with Gasteiger partial charge in [0.25, 0.3) is 0 Å². The Labute approximate surface area is 111 Å². The molecule has 1 aromatic heterocycles. The summed E-state index contributed by atoms with van der Waals surface area (Å²) in [5.41, 5.74) is 3.83. The fourth-order valence-electron chi connectivity index (χ4n) is 3.38. The predicted molar refractivity (Wildman–Crippen MR) is 75.5 cm³/mol. The number of nitrogens with one attached hydrogen (secondary N) is 1. The van der Waals surface area contributed by atoms with Gasteiger partial charge in [-0.1, -0.05) is 20.3 Å². The lowest BCUT2D eigenvalue weighted by molar-refractivity contribution is 0.207. The van der Waals surface area contributed by atoms with Gasteiger partial charge in [0, 0.05) is 30.9 Å². The maximum atomic E-state index is 4.49. The maximum Gasteiger partial charge on any atom is 0.0641 e. The molecule has 2 rings (SSSR count). The Bertz CT molecular complexity index is 398. The van der Waals surface area contributed by atoms with Crippen LogP contribution in [0.4, 0.5) is 0 Å². The zero-order valence-corrected chi connectivity index (χ0v) is 12.5. The second kappa shape index (κ2) is 5.43. The van der Waals surface area contributed by atoms with Crippen molar-refractivity contribution in [1.29, 1.82) is 0 Å². The van der Waals surface area contributed by atoms with Crippen molar-refractivity contribution in [2.24, 2.45) is 18.9 Å². The van der Waals surface area contributed by atoms with Gasteiger partial charge in [-0.25, -0.2) is 0 Å². The van der Waals surface area contributed by atoms with Crippen LogP contribution < -0.4 is 5.32 Å². The molecule has 1 fully saturated rings. The molecule has 1 heterocycles. The van der Waals surface area contributed by atoms with Crippen LogP contribution in [0, 0.1) is 25.7 Å². The Morgan fingerprint density at radius 3 is 2.33 bits per heavy atom. The number of aromatic nitrogens is 2. The van der Waals surface area contributed by atoms with Crippen molar-refractivity contribution < 1.29 is 0 Å². The number of hydrogen-bond donors (Lipinski definition) is 1. The standard InChI is InChI=1S/C15H27N3/c1-10-7-6-8-11(2)15(10)16-9-14-12(3)17-18(5)13(14)4/h10-11,15-16H,6-9H2,1-5H3. The van der Waals surface area contributed by atoms with E-state index >= 15 is 0 Å². The molecule has 1 N–H and O–H groups in total. The van der Waals surface area contributed by atoms with E-state index in [-0.39, 0.29) is 0 Å². The van der Waals surface area contributed by atoms with Gasteiger partial charge in [0.05, 0.1) is 5.69 Å². The molecule has 0 aromatic carbocycles. The highest BCUT2D eigenvalue weighted by Crippen LogP contribution is 2.29. The third-order valence-electron chi connectivity index (χ3n) is 4.72. The lowest BCUT2D eigenvalue weighted by Gasteiger charge is -2.35. The third-order valence-corrected chi connectivity index (χ3v) is 4.72. The van der Waals surface area contributed by atoms with Gasteiger partial charge in [-0.2, -0.15) is 5.10 Å². The Hall–Kier alpha value is -0.830. The van der Waals surface area contributed by atoms with Crippen molar-refractivity contribution >= 4 is 0 Å². The molecule has 1 saturated carbocycles. The Kier molecular flexibility index (Phi) is 4.10. The summed E-state index contributed by atoms with van der Waals surface area (Å²) in [4.78, 5) is 0. The minimum atomic E-state index is 0.665. The molecule has 1 aliphatic rings. The first kappa shape index (κ1) is 13.6. The number of nitrogens with zero attached hydrogens (tertiary/aromatic N) is 2. The summed E-state index contributed by atoms with van der Waals surface area (Å²) in [5.74, 6) is 1.59. The molecule has 2 atom stereocenters. The molecule has 2 unspecified atom stereocenters. The van der Waals surface area contributed by atoms with Crippen LogP contribution in [-0.4, -0.2) is 15.8 Å². The van der Waals surface area contributed by atoms with Crippen LogP contribution in [-0.2, 0) is 13.6 Å². The summed E-state index contributed by atoms with van der Waals surface area (Å²) in [6.45, 7) is 10.00. The first-order valence-corrected chi connectivity index (χ1v) is 7.23. The number of aryl methyl sites for hydroxylation is 2. The Morgan fingerprint density at radius 2 is 1.83 bits per heavy atom. The molecule has 18 heavy (non-hydrogen) atoms. The molecule has 1 aliphatic carbocycles. The summed E-state index contributed by atoms with van der Waals surface area (Å²) < 4.78 is 1.99. The van der Waals surface area contributed by atoms with Crippen molar-refractivity contribution in [3.05, 3.63) is 17.0 Å². The van der Waals surface area contributed by atoms with Crippen molar-refractivity contribution in [3.63, 3.8) is 0 Å². The van der Waals surface area contributed by atoms with Crippen LogP contribution in [0.25, 0.3) is 0 Å². The molecule has 0 aliphatic heterocycles. The molecule has 0 amide bonds. The highest BCUT2D eigenvalue weighted by atomic mass is 15.3. The fraction of sp³-hybridized carbons (Fsp3) is 0.800. The van der Waals surface area contributed by atoms with Gasteiger partial charge in [0.1, 0.15) is 0 Å². The summed E-state index contributed by atoms with van der Waals surface area (Å²) in [6, 6.07) is 0.665. The second-order valence-electron chi connectivity index (χ2n) is 6.07. The summed E-state index contributed by atoms with van der Waals surface area (Å²) in [5, 5.41) is 8.27. The van der Waals surface area contributed by atoms with Crippen molar-refractivity contribution in [1.82, 2.24) is 15.1 Å². The van der Waals surface area contributed by atoms with Gasteiger partial charge in [-0.3, -0.25) is 4.68 Å². The first-order valence-electron chi connectivity index (χ1n) is 7.23. The maximum absolute atomic E-state index is 4.49. The molecule has 102 valence electrons. The monoisotopic (exact) mass is 249 g/mol. The van der Waals surface area contributed by atoms with Gasteiger partial charge in [-0.15, -0.1) is 0 Å². The van der Waals surface area contributed by atoms with E-state index in [9.17, 15) is 0 Å². The van der Waals surface area contributed by atoms with E-state index in [4.69, 9.17) is 0 Å². The average Bonchev–Trinajstić information content (AvgIpc) is 2.54. The van der Waals surface area contributed by atoms with Gasteiger partial charge in [0.2, 0.25) is 0 Å². The largest absolute Gasteiger partial charge is 0.309 e. The summed E-state index contributed by atoms with van der Waals surface area (Å²) in [7, 11) is 2.03. The van der Waals surface area contributed by atoms with Crippen LogP contribution in [0.3, 0.4) is 0 Å². The van der Waals surface area contributed by atoms with Crippen molar-refractivity contribution in [2.75, 3.05) is 0 Å². The average molecular weight is 249 g/mol. The predicted octanol–water partition coefficient (Wildman–Crippen LogP) is 2.95. The van der Waals surface area contributed by atoms with E-state index in [0.717, 1.165) is 18.4 Å². The Balaban J connectivity index is 2.02. The van der Waals surface area contributed by atoms with Gasteiger partial charge < -0.3 is 5.32 Å². The van der Waals surface area contributed by atoms with Crippen LogP contribution in [0.15, 0.2) is 0 Å². The van der Waals surface area contributed by atoms with Gasteiger partial charge in [0.15, 0.2) is 0 Å². The molecule has 0 bridgehead atoms. The van der Waals surface area contributed by atoms with E-state index < -0.39 is 0 Å². The fourth-order valence-corrected chi connectivity index (χ4v) is 3.38. The summed E-state index contributed by atoms with van der Waals surface area (Å²) >= 11 is 0.